The van der Waals surface area contributed by atoms with Gasteiger partial charge in [0.1, 0.15) is 17.4 Å². The Bertz CT molecular complexity index is 975. The van der Waals surface area contributed by atoms with Gasteiger partial charge in [0.05, 0.1) is 11.2 Å². The van der Waals surface area contributed by atoms with Gasteiger partial charge >= 0.3 is 6.09 Å². The average Bonchev–Trinajstić information content (AvgIpc) is 2.71. The van der Waals surface area contributed by atoms with Crippen molar-refractivity contribution < 1.29 is 14.3 Å². The standard InChI is InChI=1S/C23H28N4O3/c1-23(2,3)30-22(29)27-13-5-6-16(15-27)9-12-20(28)26-19-8-4-7-17-10-11-18(14-24)25-21(17)19/h4,7-8,10-11,16H,5-6,9,12-13,15H2,1-3H3,(H,26,28). The summed E-state index contributed by atoms with van der Waals surface area (Å²) in [5, 5.41) is 12.9. The Labute approximate surface area is 177 Å². The third kappa shape index (κ3) is 5.69. The van der Waals surface area contributed by atoms with Crippen molar-refractivity contribution >= 4 is 28.6 Å². The second-order valence-corrected chi connectivity index (χ2v) is 8.71. The van der Waals surface area contributed by atoms with E-state index >= 15 is 0 Å². The van der Waals surface area contributed by atoms with Gasteiger partial charge in [0, 0.05) is 24.9 Å². The molecule has 3 rings (SSSR count). The minimum atomic E-state index is -0.512. The maximum absolute atomic E-state index is 12.5. The van der Waals surface area contributed by atoms with E-state index in [4.69, 9.17) is 10.00 Å². The molecule has 2 heterocycles. The Balaban J connectivity index is 1.57. The number of rotatable bonds is 4. The van der Waals surface area contributed by atoms with Crippen LogP contribution in [0.15, 0.2) is 30.3 Å². The van der Waals surface area contributed by atoms with Gasteiger partial charge in [0.2, 0.25) is 5.91 Å². The number of ether oxygens (including phenoxy) is 1. The number of fused-ring (bicyclic) bond motifs is 1. The fraction of sp³-hybridized carbons (Fsp3) is 0.478. The van der Waals surface area contributed by atoms with E-state index in [2.05, 4.69) is 10.3 Å². The first-order valence-electron chi connectivity index (χ1n) is 10.3. The summed E-state index contributed by atoms with van der Waals surface area (Å²) in [5.74, 6) is 0.175. The van der Waals surface area contributed by atoms with Gasteiger partial charge in [-0.15, -0.1) is 0 Å². The number of amides is 2. The van der Waals surface area contributed by atoms with Crippen molar-refractivity contribution in [1.82, 2.24) is 9.88 Å². The molecule has 2 amide bonds. The van der Waals surface area contributed by atoms with Crippen LogP contribution in [0.3, 0.4) is 0 Å². The zero-order chi connectivity index (χ0) is 21.7. The van der Waals surface area contributed by atoms with Gasteiger partial charge in [-0.25, -0.2) is 9.78 Å². The van der Waals surface area contributed by atoms with Gasteiger partial charge in [0.25, 0.3) is 0 Å². The highest BCUT2D eigenvalue weighted by Crippen LogP contribution is 2.25. The molecular weight excluding hydrogens is 380 g/mol. The maximum atomic E-state index is 12.5. The molecule has 0 radical (unpaired) electrons. The van der Waals surface area contributed by atoms with E-state index in [0.29, 0.717) is 42.8 Å². The first kappa shape index (κ1) is 21.6. The molecule has 1 saturated heterocycles. The van der Waals surface area contributed by atoms with Crippen molar-refractivity contribution in [2.45, 2.75) is 52.1 Å². The molecule has 1 fully saturated rings. The number of nitriles is 1. The monoisotopic (exact) mass is 408 g/mol. The molecule has 30 heavy (non-hydrogen) atoms. The van der Waals surface area contributed by atoms with Gasteiger partial charge in [-0.2, -0.15) is 5.26 Å². The summed E-state index contributed by atoms with van der Waals surface area (Å²) < 4.78 is 5.47. The largest absolute Gasteiger partial charge is 0.444 e. The molecule has 0 spiro atoms. The van der Waals surface area contributed by atoms with E-state index in [9.17, 15) is 9.59 Å². The highest BCUT2D eigenvalue weighted by Gasteiger charge is 2.27. The zero-order valence-corrected chi connectivity index (χ0v) is 17.8. The molecule has 2 aromatic rings. The van der Waals surface area contributed by atoms with Crippen LogP contribution in [0.2, 0.25) is 0 Å². The lowest BCUT2D eigenvalue weighted by molar-refractivity contribution is -0.116. The molecule has 1 aliphatic heterocycles. The van der Waals surface area contributed by atoms with Crippen LogP contribution in [-0.4, -0.2) is 40.6 Å². The fourth-order valence-electron chi connectivity index (χ4n) is 3.65. The topological polar surface area (TPSA) is 95.3 Å². The molecule has 158 valence electrons. The predicted molar refractivity (Wildman–Crippen MR) is 115 cm³/mol. The van der Waals surface area contributed by atoms with Gasteiger partial charge in [-0.3, -0.25) is 4.79 Å². The fourth-order valence-corrected chi connectivity index (χ4v) is 3.65. The maximum Gasteiger partial charge on any atom is 0.410 e. The Morgan fingerprint density at radius 2 is 2.10 bits per heavy atom. The second-order valence-electron chi connectivity index (χ2n) is 8.71. The molecule has 0 saturated carbocycles. The number of nitrogens with zero attached hydrogens (tertiary/aromatic N) is 3. The average molecular weight is 409 g/mol. The van der Waals surface area contributed by atoms with Crippen LogP contribution in [0.5, 0.6) is 0 Å². The van der Waals surface area contributed by atoms with Gasteiger partial charge < -0.3 is 15.0 Å². The summed E-state index contributed by atoms with van der Waals surface area (Å²) in [7, 11) is 0. The minimum absolute atomic E-state index is 0.0962. The number of anilines is 1. The molecule has 1 aliphatic rings. The quantitative estimate of drug-likeness (QED) is 0.805. The number of pyridine rings is 1. The molecule has 1 aromatic carbocycles. The van der Waals surface area contributed by atoms with Gasteiger partial charge in [-0.05, 0) is 64.2 Å². The number of para-hydroxylation sites is 1. The molecule has 7 nitrogen and oxygen atoms in total. The van der Waals surface area contributed by atoms with Gasteiger partial charge in [-0.1, -0.05) is 12.1 Å². The Morgan fingerprint density at radius 1 is 1.30 bits per heavy atom. The molecule has 0 bridgehead atoms. The summed E-state index contributed by atoms with van der Waals surface area (Å²) >= 11 is 0. The molecule has 1 atom stereocenters. The smallest absolute Gasteiger partial charge is 0.410 e. The third-order valence-corrected chi connectivity index (χ3v) is 5.06. The van der Waals surface area contributed by atoms with Crippen molar-refractivity contribution in [2.24, 2.45) is 5.92 Å². The van der Waals surface area contributed by atoms with Crippen LogP contribution in [0.25, 0.3) is 10.9 Å². The molecule has 0 aliphatic carbocycles. The van der Waals surface area contributed by atoms with Crippen molar-refractivity contribution in [1.29, 1.82) is 5.26 Å². The predicted octanol–water partition coefficient (Wildman–Crippen LogP) is 4.47. The number of aromatic nitrogens is 1. The summed E-state index contributed by atoms with van der Waals surface area (Å²) in [6, 6.07) is 11.1. The molecule has 7 heteroatoms. The van der Waals surface area contributed by atoms with Crippen molar-refractivity contribution in [3.63, 3.8) is 0 Å². The molecular formula is C23H28N4O3. The lowest BCUT2D eigenvalue weighted by Gasteiger charge is -2.34. The number of hydrogen-bond donors (Lipinski definition) is 1. The Hall–Kier alpha value is -3.14. The van der Waals surface area contributed by atoms with E-state index in [1.54, 1.807) is 17.0 Å². The first-order valence-corrected chi connectivity index (χ1v) is 10.3. The summed E-state index contributed by atoms with van der Waals surface area (Å²) in [6.07, 6.45) is 2.68. The number of carbonyl (C=O) groups is 2. The second kappa shape index (κ2) is 9.12. The minimum Gasteiger partial charge on any atom is -0.444 e. The van der Waals surface area contributed by atoms with E-state index in [-0.39, 0.29) is 17.9 Å². The number of likely N-dealkylation sites (tertiary alicyclic amines) is 1. The zero-order valence-electron chi connectivity index (χ0n) is 17.8. The van der Waals surface area contributed by atoms with Crippen LogP contribution in [-0.2, 0) is 9.53 Å². The highest BCUT2D eigenvalue weighted by atomic mass is 16.6. The Morgan fingerprint density at radius 3 is 2.83 bits per heavy atom. The normalized spacial score (nSPS) is 16.7. The van der Waals surface area contributed by atoms with E-state index in [1.807, 2.05) is 45.0 Å². The van der Waals surface area contributed by atoms with E-state index in [1.165, 1.54) is 0 Å². The number of hydrogen-bond acceptors (Lipinski definition) is 5. The summed E-state index contributed by atoms with van der Waals surface area (Å²) in [4.78, 5) is 30.9. The SMILES string of the molecule is CC(C)(C)OC(=O)N1CCCC(CCC(=O)Nc2cccc3ccc(C#N)nc23)C1. The Kier molecular flexibility index (Phi) is 6.56. The van der Waals surface area contributed by atoms with Crippen LogP contribution in [0, 0.1) is 17.2 Å². The van der Waals surface area contributed by atoms with Crippen LogP contribution in [0.4, 0.5) is 10.5 Å². The highest BCUT2D eigenvalue weighted by molar-refractivity contribution is 6.00. The molecule has 1 aromatic heterocycles. The molecule has 1 unspecified atom stereocenters. The lowest BCUT2D eigenvalue weighted by Crippen LogP contribution is -2.43. The van der Waals surface area contributed by atoms with Crippen LogP contribution >= 0.6 is 0 Å². The van der Waals surface area contributed by atoms with Crippen LogP contribution < -0.4 is 5.32 Å². The summed E-state index contributed by atoms with van der Waals surface area (Å²) in [6.45, 7) is 6.89. The third-order valence-electron chi connectivity index (χ3n) is 5.06. The first-order chi connectivity index (χ1) is 14.2. The number of piperidine rings is 1. The van der Waals surface area contributed by atoms with Crippen LogP contribution in [0.1, 0.15) is 52.1 Å². The summed E-state index contributed by atoms with van der Waals surface area (Å²) in [5.41, 5.74) is 1.02. The van der Waals surface area contributed by atoms with E-state index in [0.717, 1.165) is 18.2 Å². The van der Waals surface area contributed by atoms with E-state index < -0.39 is 5.60 Å². The van der Waals surface area contributed by atoms with Crippen molar-refractivity contribution in [3.05, 3.63) is 36.0 Å². The number of benzene rings is 1. The number of carbonyl (C=O) groups excluding carboxylic acids is 2. The molecule has 1 N–H and O–H groups in total. The van der Waals surface area contributed by atoms with Gasteiger partial charge in [0.15, 0.2) is 0 Å². The number of nitrogens with one attached hydrogen (secondary N) is 1. The van der Waals surface area contributed by atoms with Crippen molar-refractivity contribution in [3.8, 4) is 6.07 Å². The van der Waals surface area contributed by atoms with Crippen molar-refractivity contribution in [2.75, 3.05) is 18.4 Å². The lowest BCUT2D eigenvalue weighted by atomic mass is 9.93.